The SMILES string of the molecule is CCOc1cccc(C(NC)c2c(F)cccc2OC)c1. The second-order valence-electron chi connectivity index (χ2n) is 4.58. The number of hydrogen-bond donors (Lipinski definition) is 1. The Kier molecular flexibility index (Phi) is 5.17. The fourth-order valence-corrected chi connectivity index (χ4v) is 2.40. The van der Waals surface area contributed by atoms with Gasteiger partial charge in [-0.15, -0.1) is 0 Å². The van der Waals surface area contributed by atoms with Gasteiger partial charge in [0.15, 0.2) is 0 Å². The highest BCUT2D eigenvalue weighted by Gasteiger charge is 2.21. The molecule has 3 nitrogen and oxygen atoms in total. The van der Waals surface area contributed by atoms with E-state index in [9.17, 15) is 4.39 Å². The van der Waals surface area contributed by atoms with Crippen molar-refractivity contribution in [3.05, 3.63) is 59.4 Å². The molecule has 0 aliphatic heterocycles. The Morgan fingerprint density at radius 2 is 1.95 bits per heavy atom. The number of halogens is 1. The van der Waals surface area contributed by atoms with E-state index in [0.29, 0.717) is 17.9 Å². The molecule has 0 fully saturated rings. The quantitative estimate of drug-likeness (QED) is 0.882. The van der Waals surface area contributed by atoms with Crippen LogP contribution >= 0.6 is 0 Å². The largest absolute Gasteiger partial charge is 0.496 e. The summed E-state index contributed by atoms with van der Waals surface area (Å²) in [6.07, 6.45) is 0. The predicted molar refractivity (Wildman–Crippen MR) is 81.5 cm³/mol. The number of ether oxygens (including phenoxy) is 2. The maximum Gasteiger partial charge on any atom is 0.132 e. The smallest absolute Gasteiger partial charge is 0.132 e. The summed E-state index contributed by atoms with van der Waals surface area (Å²) in [5, 5.41) is 3.14. The topological polar surface area (TPSA) is 30.5 Å². The Morgan fingerprint density at radius 3 is 2.62 bits per heavy atom. The molecule has 1 N–H and O–H groups in total. The Balaban J connectivity index is 2.47. The lowest BCUT2D eigenvalue weighted by atomic mass is 9.97. The lowest BCUT2D eigenvalue weighted by Gasteiger charge is -2.21. The molecule has 0 aliphatic carbocycles. The number of nitrogens with one attached hydrogen (secondary N) is 1. The molecule has 0 aliphatic rings. The summed E-state index contributed by atoms with van der Waals surface area (Å²) in [4.78, 5) is 0. The second kappa shape index (κ2) is 7.09. The molecule has 21 heavy (non-hydrogen) atoms. The van der Waals surface area contributed by atoms with Crippen molar-refractivity contribution in [3.8, 4) is 11.5 Å². The zero-order valence-corrected chi connectivity index (χ0v) is 12.5. The third-order valence-corrected chi connectivity index (χ3v) is 3.31. The van der Waals surface area contributed by atoms with Crippen molar-refractivity contribution in [3.63, 3.8) is 0 Å². The van der Waals surface area contributed by atoms with E-state index in [0.717, 1.165) is 11.3 Å². The van der Waals surface area contributed by atoms with Crippen molar-refractivity contribution in [1.29, 1.82) is 0 Å². The zero-order chi connectivity index (χ0) is 15.2. The van der Waals surface area contributed by atoms with Crippen molar-refractivity contribution < 1.29 is 13.9 Å². The van der Waals surface area contributed by atoms with Crippen LogP contribution in [0.1, 0.15) is 24.1 Å². The zero-order valence-electron chi connectivity index (χ0n) is 12.5. The maximum atomic E-state index is 14.3. The summed E-state index contributed by atoms with van der Waals surface area (Å²) in [5.74, 6) is 0.997. The van der Waals surface area contributed by atoms with Crippen LogP contribution in [0, 0.1) is 5.82 Å². The minimum Gasteiger partial charge on any atom is -0.496 e. The van der Waals surface area contributed by atoms with Gasteiger partial charge in [-0.1, -0.05) is 18.2 Å². The normalized spacial score (nSPS) is 12.0. The molecule has 0 radical (unpaired) electrons. The van der Waals surface area contributed by atoms with Crippen LogP contribution in [0.4, 0.5) is 4.39 Å². The molecule has 0 heterocycles. The van der Waals surface area contributed by atoms with Crippen molar-refractivity contribution >= 4 is 0 Å². The van der Waals surface area contributed by atoms with Gasteiger partial charge in [0.05, 0.1) is 25.3 Å². The molecule has 0 amide bonds. The summed E-state index contributed by atoms with van der Waals surface area (Å²) in [5.41, 5.74) is 1.42. The van der Waals surface area contributed by atoms with Gasteiger partial charge >= 0.3 is 0 Å². The fourth-order valence-electron chi connectivity index (χ4n) is 2.40. The minimum absolute atomic E-state index is 0.296. The molecule has 2 rings (SSSR count). The molecule has 0 saturated heterocycles. The third-order valence-electron chi connectivity index (χ3n) is 3.31. The summed E-state index contributed by atoms with van der Waals surface area (Å²) < 4.78 is 25.1. The van der Waals surface area contributed by atoms with Crippen LogP contribution < -0.4 is 14.8 Å². The number of rotatable bonds is 6. The molecular formula is C17H20FNO2. The molecule has 4 heteroatoms. The van der Waals surface area contributed by atoms with E-state index in [1.807, 2.05) is 31.2 Å². The van der Waals surface area contributed by atoms with E-state index < -0.39 is 0 Å². The highest BCUT2D eigenvalue weighted by Crippen LogP contribution is 2.33. The van der Waals surface area contributed by atoms with Crippen molar-refractivity contribution in [2.45, 2.75) is 13.0 Å². The average molecular weight is 289 g/mol. The Hall–Kier alpha value is -2.07. The molecule has 0 saturated carbocycles. The lowest BCUT2D eigenvalue weighted by molar-refractivity contribution is 0.339. The first-order chi connectivity index (χ1) is 10.2. The number of methoxy groups -OCH3 is 1. The summed E-state index contributed by atoms with van der Waals surface area (Å²) in [6.45, 7) is 2.53. The van der Waals surface area contributed by atoms with Crippen molar-refractivity contribution in [2.75, 3.05) is 20.8 Å². The van der Waals surface area contributed by atoms with Gasteiger partial charge in [0.2, 0.25) is 0 Å². The fraction of sp³-hybridized carbons (Fsp3) is 0.294. The third kappa shape index (κ3) is 3.34. The Labute approximate surface area is 124 Å². The van der Waals surface area contributed by atoms with E-state index in [-0.39, 0.29) is 11.9 Å². The maximum absolute atomic E-state index is 14.3. The number of hydrogen-bond acceptors (Lipinski definition) is 3. The molecular weight excluding hydrogens is 269 g/mol. The van der Waals surface area contributed by atoms with E-state index in [2.05, 4.69) is 5.32 Å². The number of benzene rings is 2. The van der Waals surface area contributed by atoms with E-state index >= 15 is 0 Å². The van der Waals surface area contributed by atoms with E-state index in [1.54, 1.807) is 26.3 Å². The van der Waals surface area contributed by atoms with E-state index in [4.69, 9.17) is 9.47 Å². The first-order valence-corrected chi connectivity index (χ1v) is 6.93. The molecule has 1 atom stereocenters. The van der Waals surface area contributed by atoms with Gasteiger partial charge in [-0.2, -0.15) is 0 Å². The summed E-state index contributed by atoms with van der Waals surface area (Å²) in [6, 6.07) is 12.2. The van der Waals surface area contributed by atoms with Gasteiger partial charge in [0, 0.05) is 0 Å². The molecule has 112 valence electrons. The van der Waals surface area contributed by atoms with Crippen molar-refractivity contribution in [1.82, 2.24) is 5.32 Å². The molecule has 2 aromatic carbocycles. The Morgan fingerprint density at radius 1 is 1.19 bits per heavy atom. The van der Waals surface area contributed by atoms with E-state index in [1.165, 1.54) is 6.07 Å². The first kappa shape index (κ1) is 15.3. The molecule has 0 spiro atoms. The van der Waals surface area contributed by atoms with Gasteiger partial charge in [-0.25, -0.2) is 4.39 Å². The summed E-state index contributed by atoms with van der Waals surface area (Å²) in [7, 11) is 3.34. The highest BCUT2D eigenvalue weighted by atomic mass is 19.1. The Bertz CT molecular complexity index is 601. The van der Waals surface area contributed by atoms with Crippen LogP contribution in [-0.4, -0.2) is 20.8 Å². The van der Waals surface area contributed by atoms with Gasteiger partial charge in [0.1, 0.15) is 17.3 Å². The standard InChI is InChI=1S/C17H20FNO2/c1-4-21-13-8-5-7-12(11-13)17(19-2)16-14(18)9-6-10-15(16)20-3/h5-11,17,19H,4H2,1-3H3. The van der Waals surface area contributed by atoms with Crippen LogP contribution in [-0.2, 0) is 0 Å². The van der Waals surface area contributed by atoms with Gasteiger partial charge in [-0.3, -0.25) is 0 Å². The molecule has 0 aromatic heterocycles. The lowest BCUT2D eigenvalue weighted by Crippen LogP contribution is -2.20. The van der Waals surface area contributed by atoms with Gasteiger partial charge in [-0.05, 0) is 43.8 Å². The molecule has 0 bridgehead atoms. The summed E-state index contributed by atoms with van der Waals surface area (Å²) >= 11 is 0. The van der Waals surface area contributed by atoms with Crippen LogP contribution in [0.3, 0.4) is 0 Å². The van der Waals surface area contributed by atoms with Crippen LogP contribution in [0.25, 0.3) is 0 Å². The molecule has 1 unspecified atom stereocenters. The van der Waals surface area contributed by atoms with Gasteiger partial charge < -0.3 is 14.8 Å². The monoisotopic (exact) mass is 289 g/mol. The van der Waals surface area contributed by atoms with Crippen LogP contribution in [0.2, 0.25) is 0 Å². The molecule has 2 aromatic rings. The predicted octanol–water partition coefficient (Wildman–Crippen LogP) is 3.54. The van der Waals surface area contributed by atoms with Crippen LogP contribution in [0.5, 0.6) is 11.5 Å². The second-order valence-corrected chi connectivity index (χ2v) is 4.58. The van der Waals surface area contributed by atoms with Crippen molar-refractivity contribution in [2.24, 2.45) is 0 Å². The first-order valence-electron chi connectivity index (χ1n) is 6.93. The average Bonchev–Trinajstić information content (AvgIpc) is 2.50. The van der Waals surface area contributed by atoms with Gasteiger partial charge in [0.25, 0.3) is 0 Å². The van der Waals surface area contributed by atoms with Crippen LogP contribution in [0.15, 0.2) is 42.5 Å². The minimum atomic E-state index is -0.304. The highest BCUT2D eigenvalue weighted by molar-refractivity contribution is 5.44.